The lowest BCUT2D eigenvalue weighted by molar-refractivity contribution is 0.262. The first-order chi connectivity index (χ1) is 15.2. The number of amides is 2. The van der Waals surface area contributed by atoms with Gasteiger partial charge in [0.1, 0.15) is 5.75 Å². The topological polar surface area (TPSA) is 79.4 Å². The van der Waals surface area contributed by atoms with Crippen LogP contribution in [0.3, 0.4) is 0 Å². The van der Waals surface area contributed by atoms with E-state index < -0.39 is 0 Å². The molecule has 0 saturated carbocycles. The SMILES string of the molecule is CCOc1ccc(NC(=O)Nc2cccc(-c3ccc(N4CCCCC4)nn3)c2)cc1. The number of aromatic nitrogens is 2. The number of carbonyl (C=O) groups is 1. The minimum Gasteiger partial charge on any atom is -0.494 e. The van der Waals surface area contributed by atoms with Crippen molar-refractivity contribution in [2.45, 2.75) is 26.2 Å². The Morgan fingerprint density at radius 3 is 2.42 bits per heavy atom. The summed E-state index contributed by atoms with van der Waals surface area (Å²) in [6.45, 7) is 4.62. The molecular formula is C24H27N5O2. The summed E-state index contributed by atoms with van der Waals surface area (Å²) in [6.07, 6.45) is 3.69. The molecule has 0 radical (unpaired) electrons. The smallest absolute Gasteiger partial charge is 0.323 e. The van der Waals surface area contributed by atoms with Gasteiger partial charge in [-0.15, -0.1) is 10.2 Å². The molecule has 2 N–H and O–H groups in total. The molecule has 1 aliphatic rings. The summed E-state index contributed by atoms with van der Waals surface area (Å²) < 4.78 is 5.42. The molecule has 0 aliphatic carbocycles. The van der Waals surface area contributed by atoms with Gasteiger partial charge in [-0.05, 0) is 74.7 Å². The Morgan fingerprint density at radius 1 is 0.935 bits per heavy atom. The highest BCUT2D eigenvalue weighted by Crippen LogP contribution is 2.23. The van der Waals surface area contributed by atoms with Crippen molar-refractivity contribution in [2.75, 3.05) is 35.2 Å². The van der Waals surface area contributed by atoms with E-state index in [-0.39, 0.29) is 6.03 Å². The molecule has 3 aromatic rings. The summed E-state index contributed by atoms with van der Waals surface area (Å²) in [5.74, 6) is 1.70. The molecule has 7 heteroatoms. The molecule has 0 bridgehead atoms. The maximum absolute atomic E-state index is 12.4. The third-order valence-electron chi connectivity index (χ3n) is 5.17. The van der Waals surface area contributed by atoms with Crippen molar-refractivity contribution in [3.63, 3.8) is 0 Å². The number of hydrogen-bond acceptors (Lipinski definition) is 5. The van der Waals surface area contributed by atoms with Crippen molar-refractivity contribution in [3.8, 4) is 17.0 Å². The van der Waals surface area contributed by atoms with Crippen molar-refractivity contribution < 1.29 is 9.53 Å². The third kappa shape index (κ3) is 5.51. The number of hydrogen-bond donors (Lipinski definition) is 2. The number of urea groups is 1. The number of nitrogens with one attached hydrogen (secondary N) is 2. The summed E-state index contributed by atoms with van der Waals surface area (Å²) in [5.41, 5.74) is 3.05. The van der Waals surface area contributed by atoms with Gasteiger partial charge in [0.2, 0.25) is 0 Å². The van der Waals surface area contributed by atoms with Crippen LogP contribution in [-0.4, -0.2) is 35.9 Å². The van der Waals surface area contributed by atoms with E-state index in [2.05, 4.69) is 25.7 Å². The Labute approximate surface area is 182 Å². The second-order valence-corrected chi connectivity index (χ2v) is 7.44. The van der Waals surface area contributed by atoms with Crippen molar-refractivity contribution in [1.82, 2.24) is 10.2 Å². The zero-order valence-electron chi connectivity index (χ0n) is 17.7. The van der Waals surface area contributed by atoms with Gasteiger partial charge in [0, 0.05) is 30.0 Å². The van der Waals surface area contributed by atoms with Gasteiger partial charge in [0.15, 0.2) is 5.82 Å². The molecule has 4 rings (SSSR count). The van der Waals surface area contributed by atoms with E-state index in [4.69, 9.17) is 4.74 Å². The Morgan fingerprint density at radius 2 is 1.71 bits per heavy atom. The number of rotatable bonds is 6. The zero-order valence-corrected chi connectivity index (χ0v) is 17.7. The Hall–Kier alpha value is -3.61. The van der Waals surface area contributed by atoms with Crippen LogP contribution in [0.25, 0.3) is 11.3 Å². The predicted molar refractivity (Wildman–Crippen MR) is 124 cm³/mol. The lowest BCUT2D eigenvalue weighted by Crippen LogP contribution is -2.30. The first-order valence-electron chi connectivity index (χ1n) is 10.7. The first kappa shape index (κ1) is 20.7. The molecule has 31 heavy (non-hydrogen) atoms. The number of nitrogens with zero attached hydrogens (tertiary/aromatic N) is 3. The van der Waals surface area contributed by atoms with E-state index in [9.17, 15) is 4.79 Å². The molecule has 1 fully saturated rings. The third-order valence-corrected chi connectivity index (χ3v) is 5.17. The lowest BCUT2D eigenvalue weighted by atomic mass is 10.1. The standard InChI is InChI=1S/C24H27N5O2/c1-2-31-21-11-9-19(10-12-21)25-24(30)26-20-8-6-7-18(17-20)22-13-14-23(28-27-22)29-15-4-3-5-16-29/h6-14,17H,2-5,15-16H2,1H3,(H2,25,26,30). The second-order valence-electron chi connectivity index (χ2n) is 7.44. The number of benzene rings is 2. The summed E-state index contributed by atoms with van der Waals surface area (Å²) in [6, 6.07) is 18.5. The molecule has 7 nitrogen and oxygen atoms in total. The molecule has 2 heterocycles. The molecule has 1 aliphatic heterocycles. The Kier molecular flexibility index (Phi) is 6.62. The number of carbonyl (C=O) groups excluding carboxylic acids is 1. The normalized spacial score (nSPS) is 13.5. The van der Waals surface area contributed by atoms with Gasteiger partial charge in [-0.1, -0.05) is 12.1 Å². The van der Waals surface area contributed by atoms with Crippen LogP contribution in [-0.2, 0) is 0 Å². The van der Waals surface area contributed by atoms with Crippen LogP contribution in [0, 0.1) is 0 Å². The first-order valence-corrected chi connectivity index (χ1v) is 10.7. The van der Waals surface area contributed by atoms with Crippen LogP contribution in [0.2, 0.25) is 0 Å². The van der Waals surface area contributed by atoms with E-state index >= 15 is 0 Å². The van der Waals surface area contributed by atoms with Gasteiger partial charge in [-0.2, -0.15) is 0 Å². The van der Waals surface area contributed by atoms with Crippen molar-refractivity contribution in [2.24, 2.45) is 0 Å². The molecule has 2 amide bonds. The van der Waals surface area contributed by atoms with Crippen LogP contribution >= 0.6 is 0 Å². The summed E-state index contributed by atoms with van der Waals surface area (Å²) in [7, 11) is 0. The van der Waals surface area contributed by atoms with Gasteiger partial charge >= 0.3 is 6.03 Å². The van der Waals surface area contributed by atoms with E-state index in [1.807, 2.05) is 55.5 Å². The second kappa shape index (κ2) is 9.93. The maximum Gasteiger partial charge on any atom is 0.323 e. The van der Waals surface area contributed by atoms with Crippen LogP contribution < -0.4 is 20.3 Å². The quantitative estimate of drug-likeness (QED) is 0.578. The lowest BCUT2D eigenvalue weighted by Gasteiger charge is -2.27. The minimum atomic E-state index is -0.312. The fourth-order valence-corrected chi connectivity index (χ4v) is 3.62. The minimum absolute atomic E-state index is 0.312. The molecular weight excluding hydrogens is 390 g/mol. The molecule has 1 saturated heterocycles. The van der Waals surface area contributed by atoms with E-state index in [0.29, 0.717) is 18.0 Å². The van der Waals surface area contributed by atoms with Crippen LogP contribution in [0.1, 0.15) is 26.2 Å². The van der Waals surface area contributed by atoms with E-state index in [1.165, 1.54) is 19.3 Å². The summed E-state index contributed by atoms with van der Waals surface area (Å²) >= 11 is 0. The molecule has 2 aromatic carbocycles. The van der Waals surface area contributed by atoms with Gasteiger partial charge < -0.3 is 20.3 Å². The van der Waals surface area contributed by atoms with Crippen molar-refractivity contribution in [3.05, 3.63) is 60.7 Å². The molecule has 0 unspecified atom stereocenters. The van der Waals surface area contributed by atoms with Gasteiger partial charge in [0.25, 0.3) is 0 Å². The Bertz CT molecular complexity index is 999. The summed E-state index contributed by atoms with van der Waals surface area (Å²) in [4.78, 5) is 14.7. The molecule has 0 spiro atoms. The predicted octanol–water partition coefficient (Wildman–Crippen LogP) is 5.18. The zero-order chi connectivity index (χ0) is 21.5. The summed E-state index contributed by atoms with van der Waals surface area (Å²) in [5, 5.41) is 14.5. The van der Waals surface area contributed by atoms with E-state index in [1.54, 1.807) is 12.1 Å². The van der Waals surface area contributed by atoms with Crippen LogP contribution in [0.15, 0.2) is 60.7 Å². The number of anilines is 3. The monoisotopic (exact) mass is 417 g/mol. The van der Waals surface area contributed by atoms with Gasteiger partial charge in [-0.25, -0.2) is 4.79 Å². The highest BCUT2D eigenvalue weighted by molar-refractivity contribution is 6.00. The maximum atomic E-state index is 12.4. The molecule has 160 valence electrons. The average Bonchev–Trinajstić information content (AvgIpc) is 2.81. The van der Waals surface area contributed by atoms with Crippen LogP contribution in [0.5, 0.6) is 5.75 Å². The highest BCUT2D eigenvalue weighted by atomic mass is 16.5. The van der Waals surface area contributed by atoms with Gasteiger partial charge in [0.05, 0.1) is 12.3 Å². The van der Waals surface area contributed by atoms with Crippen LogP contribution in [0.4, 0.5) is 22.0 Å². The molecule has 1 aromatic heterocycles. The van der Waals surface area contributed by atoms with E-state index in [0.717, 1.165) is 35.9 Å². The number of ether oxygens (including phenoxy) is 1. The fourth-order valence-electron chi connectivity index (χ4n) is 3.62. The van der Waals surface area contributed by atoms with Crippen molar-refractivity contribution in [1.29, 1.82) is 0 Å². The average molecular weight is 418 g/mol. The fraction of sp³-hybridized carbons (Fsp3) is 0.292. The largest absolute Gasteiger partial charge is 0.494 e. The number of piperidine rings is 1. The molecule has 0 atom stereocenters. The Balaban J connectivity index is 1.39. The highest BCUT2D eigenvalue weighted by Gasteiger charge is 2.13. The van der Waals surface area contributed by atoms with Crippen molar-refractivity contribution >= 4 is 23.2 Å². The van der Waals surface area contributed by atoms with Gasteiger partial charge in [-0.3, -0.25) is 0 Å².